The first kappa shape index (κ1) is 19.2. The van der Waals surface area contributed by atoms with E-state index in [0.29, 0.717) is 18.8 Å². The van der Waals surface area contributed by atoms with Gasteiger partial charge in [0.05, 0.1) is 17.9 Å². The van der Waals surface area contributed by atoms with E-state index in [4.69, 9.17) is 4.74 Å². The first-order chi connectivity index (χ1) is 12.5. The van der Waals surface area contributed by atoms with Gasteiger partial charge in [0.1, 0.15) is 5.75 Å². The molecule has 0 aromatic heterocycles. The molecule has 6 nitrogen and oxygen atoms in total. The molecule has 2 atom stereocenters. The topological polar surface area (TPSA) is 75.7 Å². The summed E-state index contributed by atoms with van der Waals surface area (Å²) in [4.78, 5) is 12.9. The summed E-state index contributed by atoms with van der Waals surface area (Å²) in [5, 5.41) is 3.00. The molecule has 3 rings (SSSR count). The maximum Gasteiger partial charge on any atom is 0.243 e. The van der Waals surface area contributed by atoms with E-state index in [1.54, 1.807) is 28.6 Å². The third kappa shape index (κ3) is 4.04. The smallest absolute Gasteiger partial charge is 0.243 e. The number of methoxy groups -OCH3 is 1. The predicted molar refractivity (Wildman–Crippen MR) is 99.5 cm³/mol. The minimum Gasteiger partial charge on any atom is -0.497 e. The van der Waals surface area contributed by atoms with Crippen molar-refractivity contribution < 1.29 is 17.9 Å². The van der Waals surface area contributed by atoms with Gasteiger partial charge >= 0.3 is 0 Å². The molecule has 1 aliphatic carbocycles. The number of ether oxygens (including phenoxy) is 1. The Kier molecular flexibility index (Phi) is 6.19. The van der Waals surface area contributed by atoms with E-state index in [-0.39, 0.29) is 22.8 Å². The van der Waals surface area contributed by atoms with Gasteiger partial charge < -0.3 is 10.1 Å². The molecule has 1 saturated heterocycles. The van der Waals surface area contributed by atoms with Crippen LogP contribution in [0.2, 0.25) is 0 Å². The highest BCUT2D eigenvalue weighted by Crippen LogP contribution is 2.33. The number of hydrogen-bond acceptors (Lipinski definition) is 4. The summed E-state index contributed by atoms with van der Waals surface area (Å²) in [5.41, 5.74) is 0. The minimum atomic E-state index is -3.68. The number of carbonyl (C=O) groups excluding carboxylic acids is 1. The summed E-state index contributed by atoms with van der Waals surface area (Å²) in [6.07, 6.45) is 6.02. The number of fused-ring (bicyclic) bond motifs is 1. The lowest BCUT2D eigenvalue weighted by Gasteiger charge is -2.39. The maximum atomic E-state index is 13.4. The molecule has 1 saturated carbocycles. The number of nitrogens with one attached hydrogen (secondary N) is 1. The van der Waals surface area contributed by atoms with Crippen molar-refractivity contribution in [2.24, 2.45) is 5.92 Å². The minimum absolute atomic E-state index is 0.00226. The van der Waals surface area contributed by atoms with E-state index in [1.807, 2.05) is 0 Å². The zero-order valence-corrected chi connectivity index (χ0v) is 16.1. The van der Waals surface area contributed by atoms with Crippen LogP contribution in [0.1, 0.15) is 44.9 Å². The number of sulfonamides is 1. The zero-order valence-electron chi connectivity index (χ0n) is 15.3. The Balaban J connectivity index is 1.97. The predicted octanol–water partition coefficient (Wildman–Crippen LogP) is 2.54. The Bertz CT molecular complexity index is 735. The van der Waals surface area contributed by atoms with Crippen LogP contribution in [0.5, 0.6) is 5.75 Å². The molecule has 1 aromatic rings. The molecule has 1 heterocycles. The van der Waals surface area contributed by atoms with Crippen molar-refractivity contribution in [3.63, 3.8) is 0 Å². The van der Waals surface area contributed by atoms with Crippen LogP contribution in [0.15, 0.2) is 29.2 Å². The Morgan fingerprint density at radius 2 is 1.92 bits per heavy atom. The average Bonchev–Trinajstić information content (AvgIpc) is 2.67. The molecular formula is C19H28N2O4S. The van der Waals surface area contributed by atoms with Crippen LogP contribution in [-0.4, -0.2) is 44.9 Å². The van der Waals surface area contributed by atoms with Gasteiger partial charge in [0.2, 0.25) is 15.9 Å². The van der Waals surface area contributed by atoms with Crippen molar-refractivity contribution >= 4 is 15.9 Å². The average molecular weight is 381 g/mol. The summed E-state index contributed by atoms with van der Waals surface area (Å²) >= 11 is 0. The largest absolute Gasteiger partial charge is 0.497 e. The second-order valence-electron chi connectivity index (χ2n) is 7.10. The molecular weight excluding hydrogens is 352 g/mol. The van der Waals surface area contributed by atoms with Gasteiger partial charge in [0.25, 0.3) is 0 Å². The van der Waals surface area contributed by atoms with E-state index in [1.165, 1.54) is 7.11 Å². The Morgan fingerprint density at radius 1 is 1.12 bits per heavy atom. The van der Waals surface area contributed by atoms with Crippen LogP contribution in [0.25, 0.3) is 0 Å². The maximum absolute atomic E-state index is 13.4. The summed E-state index contributed by atoms with van der Waals surface area (Å²) in [5.74, 6) is 0.259. The lowest BCUT2D eigenvalue weighted by atomic mass is 9.83. The van der Waals surface area contributed by atoms with E-state index in [2.05, 4.69) is 5.32 Å². The summed E-state index contributed by atoms with van der Waals surface area (Å²) in [6.45, 7) is 1.15. The Hall–Kier alpha value is -1.60. The van der Waals surface area contributed by atoms with Gasteiger partial charge in [-0.3, -0.25) is 4.79 Å². The van der Waals surface area contributed by atoms with Crippen molar-refractivity contribution in [3.05, 3.63) is 24.3 Å². The molecule has 1 N–H and O–H groups in total. The van der Waals surface area contributed by atoms with Gasteiger partial charge in [0.15, 0.2) is 0 Å². The number of rotatable bonds is 3. The highest BCUT2D eigenvalue weighted by Gasteiger charge is 2.40. The van der Waals surface area contributed by atoms with E-state index in [0.717, 1.165) is 44.9 Å². The van der Waals surface area contributed by atoms with Crippen molar-refractivity contribution in [1.29, 1.82) is 0 Å². The van der Waals surface area contributed by atoms with Gasteiger partial charge in [-0.05, 0) is 37.8 Å². The molecule has 0 unspecified atom stereocenters. The van der Waals surface area contributed by atoms with Gasteiger partial charge in [-0.2, -0.15) is 4.31 Å². The van der Waals surface area contributed by atoms with Crippen LogP contribution in [0.4, 0.5) is 0 Å². The number of benzene rings is 1. The molecule has 2 aliphatic rings. The standard InChI is InChI=1S/C19H28N2O4S/c1-25-15-8-7-9-16(14-15)26(23,24)21-13-6-2-5-12-20-19(22)17-10-3-4-11-18(17)21/h7-9,14,17-18H,2-6,10-13H2,1H3,(H,20,22)/t17-,18+/m1/s1. The van der Waals surface area contributed by atoms with Crippen molar-refractivity contribution in [3.8, 4) is 5.75 Å². The quantitative estimate of drug-likeness (QED) is 0.874. The molecule has 0 radical (unpaired) electrons. The van der Waals surface area contributed by atoms with Crippen LogP contribution < -0.4 is 10.1 Å². The number of nitrogens with zero attached hydrogens (tertiary/aromatic N) is 1. The van der Waals surface area contributed by atoms with E-state index >= 15 is 0 Å². The molecule has 0 spiro atoms. The molecule has 1 aromatic carbocycles. The molecule has 26 heavy (non-hydrogen) atoms. The first-order valence-corrected chi connectivity index (χ1v) is 10.9. The SMILES string of the molecule is COc1cccc(S(=O)(=O)N2CCCCCNC(=O)[C@@H]3CCCC[C@@H]32)c1. The van der Waals surface area contributed by atoms with Crippen LogP contribution in [0, 0.1) is 5.92 Å². The normalized spacial score (nSPS) is 25.8. The number of amides is 1. The fraction of sp³-hybridized carbons (Fsp3) is 0.632. The third-order valence-electron chi connectivity index (χ3n) is 5.44. The van der Waals surface area contributed by atoms with Gasteiger partial charge in [-0.25, -0.2) is 8.42 Å². The highest BCUT2D eigenvalue weighted by molar-refractivity contribution is 7.89. The van der Waals surface area contributed by atoms with E-state index in [9.17, 15) is 13.2 Å². The van der Waals surface area contributed by atoms with Gasteiger partial charge in [0, 0.05) is 25.2 Å². The second-order valence-corrected chi connectivity index (χ2v) is 9.00. The molecule has 1 aliphatic heterocycles. The lowest BCUT2D eigenvalue weighted by molar-refractivity contribution is -0.127. The molecule has 1 amide bonds. The fourth-order valence-corrected chi connectivity index (χ4v) is 5.80. The Labute approximate surface area is 156 Å². The van der Waals surface area contributed by atoms with Gasteiger partial charge in [-0.1, -0.05) is 25.3 Å². The zero-order chi connectivity index (χ0) is 18.6. The first-order valence-electron chi connectivity index (χ1n) is 9.47. The van der Waals surface area contributed by atoms with Crippen molar-refractivity contribution in [2.75, 3.05) is 20.2 Å². The molecule has 7 heteroatoms. The van der Waals surface area contributed by atoms with Crippen LogP contribution in [-0.2, 0) is 14.8 Å². The molecule has 144 valence electrons. The van der Waals surface area contributed by atoms with Crippen molar-refractivity contribution in [1.82, 2.24) is 9.62 Å². The van der Waals surface area contributed by atoms with Gasteiger partial charge in [-0.15, -0.1) is 0 Å². The fourth-order valence-electron chi connectivity index (χ4n) is 4.04. The summed E-state index contributed by atoms with van der Waals surface area (Å²) < 4.78 is 33.6. The molecule has 2 fully saturated rings. The number of carbonyl (C=O) groups is 1. The molecule has 0 bridgehead atoms. The highest BCUT2D eigenvalue weighted by atomic mass is 32.2. The van der Waals surface area contributed by atoms with Crippen LogP contribution in [0.3, 0.4) is 0 Å². The second kappa shape index (κ2) is 8.39. The third-order valence-corrected chi connectivity index (χ3v) is 7.36. The lowest BCUT2D eigenvalue weighted by Crippen LogP contribution is -2.51. The van der Waals surface area contributed by atoms with Crippen LogP contribution >= 0.6 is 0 Å². The summed E-state index contributed by atoms with van der Waals surface area (Å²) in [7, 11) is -2.16. The monoisotopic (exact) mass is 380 g/mol. The van der Waals surface area contributed by atoms with Crippen molar-refractivity contribution in [2.45, 2.75) is 55.9 Å². The van der Waals surface area contributed by atoms with E-state index < -0.39 is 10.0 Å². The number of hydrogen-bond donors (Lipinski definition) is 1. The Morgan fingerprint density at radius 3 is 2.73 bits per heavy atom. The summed E-state index contributed by atoms with van der Waals surface area (Å²) in [6, 6.07) is 6.33.